The maximum Gasteiger partial charge on any atom is 0.244 e. The van der Waals surface area contributed by atoms with Gasteiger partial charge in [-0.05, 0) is 64.2 Å². The largest absolute Gasteiger partial charge is 0.377 e. The summed E-state index contributed by atoms with van der Waals surface area (Å²) in [6.07, 6.45) is 1.96. The van der Waals surface area contributed by atoms with Crippen molar-refractivity contribution in [2.24, 2.45) is 5.10 Å². The molecule has 0 spiro atoms. The first-order chi connectivity index (χ1) is 11.4. The van der Waals surface area contributed by atoms with E-state index in [-0.39, 0.29) is 5.91 Å². The molecule has 0 aromatic heterocycles. The Hall–Kier alpha value is -2.14. The van der Waals surface area contributed by atoms with Crippen LogP contribution in [0.2, 0.25) is 0 Å². The lowest BCUT2D eigenvalue weighted by atomic mass is 10.0. The van der Waals surface area contributed by atoms with E-state index in [0.29, 0.717) is 6.42 Å². The molecule has 0 saturated carbocycles. The van der Waals surface area contributed by atoms with Crippen molar-refractivity contribution in [2.75, 3.05) is 19.0 Å². The summed E-state index contributed by atoms with van der Waals surface area (Å²) >= 11 is 3.53. The van der Waals surface area contributed by atoms with E-state index in [9.17, 15) is 4.79 Å². The first-order valence-electron chi connectivity index (χ1n) is 7.71. The molecule has 4 nitrogen and oxygen atoms in total. The number of hydrogen-bond acceptors (Lipinski definition) is 3. The summed E-state index contributed by atoms with van der Waals surface area (Å²) < 4.78 is 0.984. The minimum absolute atomic E-state index is 0.126. The zero-order chi connectivity index (χ0) is 17.7. The van der Waals surface area contributed by atoms with Gasteiger partial charge in [-0.2, -0.15) is 5.10 Å². The first-order valence-corrected chi connectivity index (χ1v) is 8.51. The number of carbonyl (C=O) groups excluding carboxylic acids is 1. The first kappa shape index (κ1) is 18.2. The van der Waals surface area contributed by atoms with Crippen molar-refractivity contribution in [1.82, 2.24) is 5.43 Å². The Morgan fingerprint density at radius 1 is 1.17 bits per heavy atom. The number of nitrogens with one attached hydrogen (secondary N) is 1. The van der Waals surface area contributed by atoms with Crippen molar-refractivity contribution in [3.05, 3.63) is 63.1 Å². The molecule has 126 valence electrons. The third-order valence-electron chi connectivity index (χ3n) is 3.79. The van der Waals surface area contributed by atoms with Gasteiger partial charge < -0.3 is 4.90 Å². The normalized spacial score (nSPS) is 10.9. The fourth-order valence-corrected chi connectivity index (χ4v) is 3.03. The van der Waals surface area contributed by atoms with E-state index in [1.165, 1.54) is 11.1 Å². The molecule has 0 heterocycles. The Balaban J connectivity index is 1.94. The Kier molecular flexibility index (Phi) is 6.15. The summed E-state index contributed by atoms with van der Waals surface area (Å²) in [5, 5.41) is 4.03. The second-order valence-corrected chi connectivity index (χ2v) is 6.85. The number of benzene rings is 2. The molecule has 0 unspecified atom stereocenters. The molecule has 1 amide bonds. The minimum Gasteiger partial charge on any atom is -0.377 e. The van der Waals surface area contributed by atoms with Crippen molar-refractivity contribution in [3.63, 3.8) is 0 Å². The topological polar surface area (TPSA) is 44.7 Å². The Morgan fingerprint density at radius 2 is 1.92 bits per heavy atom. The summed E-state index contributed by atoms with van der Waals surface area (Å²) in [6.45, 7) is 4.10. The van der Waals surface area contributed by atoms with Crippen LogP contribution in [0.1, 0.15) is 22.3 Å². The number of carbonyl (C=O) groups is 1. The van der Waals surface area contributed by atoms with Gasteiger partial charge in [-0.15, -0.1) is 0 Å². The standard InChI is InChI=1S/C19H22BrN3O/c1-13-5-6-15(9-14(13)2)11-19(24)22-21-12-16-7-8-18(23(3)4)17(20)10-16/h5-10,12H,11H2,1-4H3,(H,22,24)/b21-12-. The van der Waals surface area contributed by atoms with E-state index < -0.39 is 0 Å². The van der Waals surface area contributed by atoms with Crippen molar-refractivity contribution < 1.29 is 4.79 Å². The van der Waals surface area contributed by atoms with Crippen LogP contribution in [0.5, 0.6) is 0 Å². The molecule has 24 heavy (non-hydrogen) atoms. The van der Waals surface area contributed by atoms with Crippen LogP contribution in [-0.2, 0) is 11.2 Å². The quantitative estimate of drug-likeness (QED) is 0.625. The fraction of sp³-hybridized carbons (Fsp3) is 0.263. The van der Waals surface area contributed by atoms with Gasteiger partial charge in [0.05, 0.1) is 18.3 Å². The molecule has 0 fully saturated rings. The molecular weight excluding hydrogens is 366 g/mol. The molecule has 0 aliphatic heterocycles. The Labute approximate surface area is 151 Å². The molecule has 1 N–H and O–H groups in total. The highest BCUT2D eigenvalue weighted by Crippen LogP contribution is 2.25. The Bertz CT molecular complexity index is 769. The highest BCUT2D eigenvalue weighted by molar-refractivity contribution is 9.10. The summed E-state index contributed by atoms with van der Waals surface area (Å²) in [6, 6.07) is 12.0. The van der Waals surface area contributed by atoms with Crippen LogP contribution in [0.4, 0.5) is 5.69 Å². The van der Waals surface area contributed by atoms with Gasteiger partial charge in [0.15, 0.2) is 0 Å². The highest BCUT2D eigenvalue weighted by Gasteiger charge is 2.04. The van der Waals surface area contributed by atoms with Gasteiger partial charge in [-0.1, -0.05) is 24.3 Å². The molecular formula is C19H22BrN3O. The van der Waals surface area contributed by atoms with Crippen LogP contribution >= 0.6 is 15.9 Å². The van der Waals surface area contributed by atoms with Crippen LogP contribution in [0, 0.1) is 13.8 Å². The lowest BCUT2D eigenvalue weighted by Gasteiger charge is -2.14. The predicted molar refractivity (Wildman–Crippen MR) is 104 cm³/mol. The van der Waals surface area contributed by atoms with Gasteiger partial charge in [0.25, 0.3) is 0 Å². The predicted octanol–water partition coefficient (Wildman–Crippen LogP) is 3.82. The van der Waals surface area contributed by atoms with E-state index >= 15 is 0 Å². The van der Waals surface area contributed by atoms with Gasteiger partial charge >= 0.3 is 0 Å². The summed E-state index contributed by atoms with van der Waals surface area (Å²) in [5.74, 6) is -0.126. The second kappa shape index (κ2) is 8.11. The molecule has 0 atom stereocenters. The third-order valence-corrected chi connectivity index (χ3v) is 4.43. The van der Waals surface area contributed by atoms with Crippen molar-refractivity contribution in [1.29, 1.82) is 0 Å². The van der Waals surface area contributed by atoms with Crippen LogP contribution in [0.25, 0.3) is 0 Å². The highest BCUT2D eigenvalue weighted by atomic mass is 79.9. The van der Waals surface area contributed by atoms with E-state index in [1.54, 1.807) is 6.21 Å². The number of hydrazone groups is 1. The van der Waals surface area contributed by atoms with E-state index in [0.717, 1.165) is 21.3 Å². The molecule has 0 bridgehead atoms. The summed E-state index contributed by atoms with van der Waals surface area (Å²) in [4.78, 5) is 14.0. The van der Waals surface area contributed by atoms with E-state index in [4.69, 9.17) is 0 Å². The molecule has 2 aromatic carbocycles. The number of rotatable bonds is 5. The van der Waals surface area contributed by atoms with Crippen molar-refractivity contribution in [3.8, 4) is 0 Å². The monoisotopic (exact) mass is 387 g/mol. The van der Waals surface area contributed by atoms with Crippen LogP contribution in [-0.4, -0.2) is 26.2 Å². The third kappa shape index (κ3) is 4.93. The summed E-state index contributed by atoms with van der Waals surface area (Å²) in [5.41, 5.74) is 7.98. The van der Waals surface area contributed by atoms with Crippen LogP contribution < -0.4 is 10.3 Å². The average molecular weight is 388 g/mol. The minimum atomic E-state index is -0.126. The molecule has 0 radical (unpaired) electrons. The van der Waals surface area contributed by atoms with E-state index in [2.05, 4.69) is 33.4 Å². The maximum absolute atomic E-state index is 12.0. The Morgan fingerprint density at radius 3 is 2.54 bits per heavy atom. The van der Waals surface area contributed by atoms with Gasteiger partial charge in [0, 0.05) is 18.6 Å². The number of anilines is 1. The van der Waals surface area contributed by atoms with Crippen molar-refractivity contribution in [2.45, 2.75) is 20.3 Å². The zero-order valence-electron chi connectivity index (χ0n) is 14.4. The smallest absolute Gasteiger partial charge is 0.244 e. The van der Waals surface area contributed by atoms with Crippen LogP contribution in [0.15, 0.2) is 46.0 Å². The summed E-state index contributed by atoms with van der Waals surface area (Å²) in [7, 11) is 3.97. The molecule has 2 rings (SSSR count). The van der Waals surface area contributed by atoms with Crippen LogP contribution in [0.3, 0.4) is 0 Å². The van der Waals surface area contributed by atoms with Gasteiger partial charge in [0.1, 0.15) is 0 Å². The molecule has 0 aliphatic carbocycles. The average Bonchev–Trinajstić information content (AvgIpc) is 2.50. The number of hydrogen-bond donors (Lipinski definition) is 1. The van der Waals surface area contributed by atoms with Gasteiger partial charge in [-0.3, -0.25) is 4.79 Å². The number of nitrogens with zero attached hydrogens (tertiary/aromatic N) is 2. The zero-order valence-corrected chi connectivity index (χ0v) is 16.0. The van der Waals surface area contributed by atoms with Crippen molar-refractivity contribution >= 4 is 33.7 Å². The maximum atomic E-state index is 12.0. The number of halogens is 1. The molecule has 0 aliphatic rings. The second-order valence-electron chi connectivity index (χ2n) is 5.99. The lowest BCUT2D eigenvalue weighted by Crippen LogP contribution is -2.19. The molecule has 0 saturated heterocycles. The van der Waals surface area contributed by atoms with Gasteiger partial charge in [-0.25, -0.2) is 5.43 Å². The number of aryl methyl sites for hydroxylation is 2. The van der Waals surface area contributed by atoms with E-state index in [1.807, 2.05) is 62.3 Å². The van der Waals surface area contributed by atoms with Gasteiger partial charge in [0.2, 0.25) is 5.91 Å². The SMILES string of the molecule is Cc1ccc(CC(=O)N/N=C\c2ccc(N(C)C)c(Br)c2)cc1C. The molecule has 5 heteroatoms. The lowest BCUT2D eigenvalue weighted by molar-refractivity contribution is -0.120. The molecule has 2 aromatic rings. The number of amides is 1. The fourth-order valence-electron chi connectivity index (χ4n) is 2.28.